The standard InChI is InChI=1S/C18H21BFN3O3/c1-17(2)18(3,4)26-19(25-17)12-8-9-15(21-11-12)23-16(24)22-14-7-5-6-13(20)10-14/h5-11H,1-4H3,(H2,21,22,23,24). The average molecular weight is 357 g/mol. The van der Waals surface area contributed by atoms with Crippen LogP contribution in [0.3, 0.4) is 0 Å². The first-order chi connectivity index (χ1) is 12.2. The maximum atomic E-state index is 13.1. The molecule has 0 bridgehead atoms. The van der Waals surface area contributed by atoms with E-state index in [-0.39, 0.29) is 0 Å². The van der Waals surface area contributed by atoms with Crippen molar-refractivity contribution < 1.29 is 18.5 Å². The zero-order chi connectivity index (χ0) is 18.9. The van der Waals surface area contributed by atoms with Gasteiger partial charge >= 0.3 is 13.1 Å². The third kappa shape index (κ3) is 3.86. The van der Waals surface area contributed by atoms with Gasteiger partial charge in [0.1, 0.15) is 11.6 Å². The van der Waals surface area contributed by atoms with Gasteiger partial charge in [0.2, 0.25) is 0 Å². The molecule has 2 aromatic rings. The number of nitrogens with zero attached hydrogens (tertiary/aromatic N) is 1. The van der Waals surface area contributed by atoms with Crippen LogP contribution in [-0.2, 0) is 9.31 Å². The van der Waals surface area contributed by atoms with Gasteiger partial charge in [-0.05, 0) is 52.0 Å². The normalized spacial score (nSPS) is 17.8. The Hall–Kier alpha value is -2.45. The van der Waals surface area contributed by atoms with Crippen LogP contribution < -0.4 is 16.1 Å². The smallest absolute Gasteiger partial charge is 0.399 e. The number of hydrogen-bond donors (Lipinski definition) is 2. The third-order valence-electron chi connectivity index (χ3n) is 4.64. The van der Waals surface area contributed by atoms with Gasteiger partial charge in [0.25, 0.3) is 0 Å². The molecule has 1 aromatic carbocycles. The van der Waals surface area contributed by atoms with Crippen molar-refractivity contribution in [2.24, 2.45) is 0 Å². The Labute approximate surface area is 152 Å². The Morgan fingerprint density at radius 3 is 2.35 bits per heavy atom. The molecule has 1 aliphatic heterocycles. The van der Waals surface area contributed by atoms with Crippen molar-refractivity contribution in [3.63, 3.8) is 0 Å². The molecule has 2 N–H and O–H groups in total. The first-order valence-electron chi connectivity index (χ1n) is 8.31. The third-order valence-corrected chi connectivity index (χ3v) is 4.64. The van der Waals surface area contributed by atoms with E-state index in [1.54, 1.807) is 24.4 Å². The number of halogens is 1. The predicted octanol–water partition coefficient (Wildman–Crippen LogP) is 3.16. The fourth-order valence-electron chi connectivity index (χ4n) is 2.44. The number of carbonyl (C=O) groups excluding carboxylic acids is 1. The highest BCUT2D eigenvalue weighted by Gasteiger charge is 2.51. The molecule has 1 fully saturated rings. The molecule has 0 spiro atoms. The molecule has 0 unspecified atom stereocenters. The van der Waals surface area contributed by atoms with Gasteiger partial charge in [0, 0.05) is 17.3 Å². The summed E-state index contributed by atoms with van der Waals surface area (Å²) < 4.78 is 25.1. The molecule has 0 atom stereocenters. The van der Waals surface area contributed by atoms with Gasteiger partial charge in [-0.3, -0.25) is 5.32 Å². The number of hydrogen-bond acceptors (Lipinski definition) is 4. The lowest BCUT2D eigenvalue weighted by atomic mass is 9.80. The predicted molar refractivity (Wildman–Crippen MR) is 99.0 cm³/mol. The Kier molecular flexibility index (Phi) is 4.73. The molecular formula is C18H21BFN3O3. The van der Waals surface area contributed by atoms with Crippen molar-refractivity contribution in [2.75, 3.05) is 10.6 Å². The number of aromatic nitrogens is 1. The van der Waals surface area contributed by atoms with Gasteiger partial charge in [0.15, 0.2) is 0 Å². The van der Waals surface area contributed by atoms with Crippen LogP contribution in [0.1, 0.15) is 27.7 Å². The fourth-order valence-corrected chi connectivity index (χ4v) is 2.44. The number of anilines is 2. The van der Waals surface area contributed by atoms with Crippen molar-refractivity contribution in [1.29, 1.82) is 0 Å². The van der Waals surface area contributed by atoms with Crippen LogP contribution in [0.25, 0.3) is 0 Å². The van der Waals surface area contributed by atoms with Crippen molar-refractivity contribution in [3.8, 4) is 0 Å². The summed E-state index contributed by atoms with van der Waals surface area (Å²) in [5, 5.41) is 5.14. The summed E-state index contributed by atoms with van der Waals surface area (Å²) in [5.74, 6) is -0.0631. The Balaban J connectivity index is 1.62. The molecule has 2 heterocycles. The lowest BCUT2D eigenvalue weighted by molar-refractivity contribution is 0.00578. The number of carbonyl (C=O) groups is 1. The largest absolute Gasteiger partial charge is 0.496 e. The zero-order valence-electron chi connectivity index (χ0n) is 15.2. The van der Waals surface area contributed by atoms with E-state index in [9.17, 15) is 9.18 Å². The second-order valence-corrected chi connectivity index (χ2v) is 7.15. The quantitative estimate of drug-likeness (QED) is 0.828. The molecule has 1 aliphatic rings. The zero-order valence-corrected chi connectivity index (χ0v) is 15.2. The first kappa shape index (κ1) is 18.3. The van der Waals surface area contributed by atoms with Gasteiger partial charge in [-0.2, -0.15) is 0 Å². The monoisotopic (exact) mass is 357 g/mol. The number of amides is 2. The van der Waals surface area contributed by atoms with Crippen molar-refractivity contribution in [3.05, 3.63) is 48.4 Å². The van der Waals surface area contributed by atoms with Crippen LogP contribution in [0.5, 0.6) is 0 Å². The molecule has 1 saturated heterocycles. The molecule has 2 amide bonds. The summed E-state index contributed by atoms with van der Waals surface area (Å²) in [7, 11) is -0.511. The number of nitrogens with one attached hydrogen (secondary N) is 2. The maximum absolute atomic E-state index is 13.1. The molecule has 1 aromatic heterocycles. The summed E-state index contributed by atoms with van der Waals surface area (Å²) in [6, 6.07) is 8.58. The van der Waals surface area contributed by atoms with E-state index in [1.165, 1.54) is 18.2 Å². The summed E-state index contributed by atoms with van der Waals surface area (Å²) in [6.45, 7) is 7.92. The number of benzene rings is 1. The highest BCUT2D eigenvalue weighted by Crippen LogP contribution is 2.36. The molecule has 0 saturated carbocycles. The summed E-state index contributed by atoms with van der Waals surface area (Å²) >= 11 is 0. The van der Waals surface area contributed by atoms with E-state index in [0.717, 1.165) is 5.46 Å². The number of pyridine rings is 1. The molecule has 0 aliphatic carbocycles. The molecular weight excluding hydrogens is 336 g/mol. The topological polar surface area (TPSA) is 72.5 Å². The second kappa shape index (κ2) is 6.70. The van der Waals surface area contributed by atoms with E-state index < -0.39 is 30.2 Å². The van der Waals surface area contributed by atoms with Crippen molar-refractivity contribution >= 4 is 30.1 Å². The van der Waals surface area contributed by atoms with E-state index >= 15 is 0 Å². The SMILES string of the molecule is CC1(C)OB(c2ccc(NC(=O)Nc3cccc(F)c3)nc2)OC1(C)C. The fraction of sp³-hybridized carbons (Fsp3) is 0.333. The van der Waals surface area contributed by atoms with Crippen LogP contribution in [0, 0.1) is 5.82 Å². The summed E-state index contributed by atoms with van der Waals surface area (Å²) in [4.78, 5) is 16.2. The van der Waals surface area contributed by atoms with Gasteiger partial charge in [-0.1, -0.05) is 12.1 Å². The van der Waals surface area contributed by atoms with Crippen LogP contribution >= 0.6 is 0 Å². The average Bonchev–Trinajstić information content (AvgIpc) is 2.76. The van der Waals surface area contributed by atoms with Crippen LogP contribution in [0.15, 0.2) is 42.6 Å². The second-order valence-electron chi connectivity index (χ2n) is 7.15. The van der Waals surface area contributed by atoms with E-state index in [1.807, 2.05) is 27.7 Å². The van der Waals surface area contributed by atoms with E-state index in [0.29, 0.717) is 11.5 Å². The lowest BCUT2D eigenvalue weighted by Crippen LogP contribution is -2.41. The van der Waals surface area contributed by atoms with Gasteiger partial charge < -0.3 is 14.6 Å². The maximum Gasteiger partial charge on any atom is 0.496 e. The van der Waals surface area contributed by atoms with Crippen LogP contribution in [0.2, 0.25) is 0 Å². The van der Waals surface area contributed by atoms with Crippen LogP contribution in [-0.4, -0.2) is 29.3 Å². The summed E-state index contributed by atoms with van der Waals surface area (Å²) in [5.41, 5.74) is 0.259. The van der Waals surface area contributed by atoms with Gasteiger partial charge in [-0.25, -0.2) is 14.2 Å². The van der Waals surface area contributed by atoms with E-state index in [4.69, 9.17) is 9.31 Å². The molecule has 6 nitrogen and oxygen atoms in total. The first-order valence-corrected chi connectivity index (χ1v) is 8.31. The number of urea groups is 1. The van der Waals surface area contributed by atoms with Crippen LogP contribution in [0.4, 0.5) is 20.7 Å². The van der Waals surface area contributed by atoms with Gasteiger partial charge in [-0.15, -0.1) is 0 Å². The lowest BCUT2D eigenvalue weighted by Gasteiger charge is -2.32. The Morgan fingerprint density at radius 1 is 1.08 bits per heavy atom. The minimum Gasteiger partial charge on any atom is -0.399 e. The minimum absolute atomic E-state index is 0.358. The number of rotatable bonds is 3. The molecule has 8 heteroatoms. The van der Waals surface area contributed by atoms with Crippen molar-refractivity contribution in [1.82, 2.24) is 4.98 Å². The molecule has 26 heavy (non-hydrogen) atoms. The van der Waals surface area contributed by atoms with Crippen molar-refractivity contribution in [2.45, 2.75) is 38.9 Å². The highest BCUT2D eigenvalue weighted by molar-refractivity contribution is 6.62. The summed E-state index contributed by atoms with van der Waals surface area (Å²) in [6.07, 6.45) is 1.60. The minimum atomic E-state index is -0.511. The Bertz CT molecular complexity index is 796. The molecule has 3 rings (SSSR count). The van der Waals surface area contributed by atoms with E-state index in [2.05, 4.69) is 15.6 Å². The highest BCUT2D eigenvalue weighted by atomic mass is 19.1. The molecule has 0 radical (unpaired) electrons. The Morgan fingerprint density at radius 2 is 1.77 bits per heavy atom. The van der Waals surface area contributed by atoms with Gasteiger partial charge in [0.05, 0.1) is 11.2 Å². The molecule has 136 valence electrons.